The Morgan fingerprint density at radius 1 is 1.04 bits per heavy atom. The zero-order chi connectivity index (χ0) is 16.9. The highest BCUT2D eigenvalue weighted by atomic mass is 32.2. The number of carbonyl (C=O) groups is 1. The lowest BCUT2D eigenvalue weighted by Gasteiger charge is -2.10. The molecule has 2 rings (SSSR count). The van der Waals surface area contributed by atoms with Crippen LogP contribution in [0.15, 0.2) is 53.4 Å². The van der Waals surface area contributed by atoms with Crippen LogP contribution in [-0.4, -0.2) is 20.9 Å². The number of hydrogen-bond donors (Lipinski definition) is 2. The van der Waals surface area contributed by atoms with Crippen LogP contribution in [0.2, 0.25) is 0 Å². The molecule has 0 radical (unpaired) electrons. The van der Waals surface area contributed by atoms with Crippen LogP contribution in [0.4, 0.5) is 5.69 Å². The zero-order valence-electron chi connectivity index (χ0n) is 13.2. The van der Waals surface area contributed by atoms with E-state index in [9.17, 15) is 13.2 Å². The Labute approximate surface area is 136 Å². The molecular formula is C17H20N2O3S. The summed E-state index contributed by atoms with van der Waals surface area (Å²) in [4.78, 5) is 12.1. The number of rotatable bonds is 6. The van der Waals surface area contributed by atoms with Crippen LogP contribution in [-0.2, 0) is 14.8 Å². The van der Waals surface area contributed by atoms with Gasteiger partial charge in [0.05, 0.1) is 4.90 Å². The minimum atomic E-state index is -3.61. The molecule has 0 bridgehead atoms. The molecule has 2 aromatic carbocycles. The summed E-state index contributed by atoms with van der Waals surface area (Å²) in [6.45, 7) is 3.64. The third-order valence-electron chi connectivity index (χ3n) is 3.33. The first-order valence-corrected chi connectivity index (χ1v) is 8.78. The monoisotopic (exact) mass is 332 g/mol. The Kier molecular flexibility index (Phi) is 5.52. The van der Waals surface area contributed by atoms with Crippen LogP contribution in [0.1, 0.15) is 17.5 Å². The Bertz CT molecular complexity index is 787. The molecule has 5 nitrogen and oxygen atoms in total. The van der Waals surface area contributed by atoms with Crippen molar-refractivity contribution in [3.63, 3.8) is 0 Å². The lowest BCUT2D eigenvalue weighted by molar-refractivity contribution is -0.116. The molecule has 0 atom stereocenters. The SMILES string of the molecule is Cc1ccc(C)c(S(=O)(=O)NCCC(=O)Nc2ccccc2)c1. The van der Waals surface area contributed by atoms with Crippen LogP contribution >= 0.6 is 0 Å². The Morgan fingerprint density at radius 3 is 2.43 bits per heavy atom. The van der Waals surface area contributed by atoms with Gasteiger partial charge in [-0.1, -0.05) is 30.3 Å². The number of sulfonamides is 1. The molecule has 0 aliphatic heterocycles. The summed E-state index contributed by atoms with van der Waals surface area (Å²) in [5.41, 5.74) is 2.24. The summed E-state index contributed by atoms with van der Waals surface area (Å²) in [6, 6.07) is 14.3. The van der Waals surface area contributed by atoms with Gasteiger partial charge in [0.25, 0.3) is 0 Å². The Hall–Kier alpha value is -2.18. The van der Waals surface area contributed by atoms with Gasteiger partial charge in [0.1, 0.15) is 0 Å². The average molecular weight is 332 g/mol. The first kappa shape index (κ1) is 17.2. The number of aryl methyl sites for hydroxylation is 2. The van der Waals surface area contributed by atoms with Crippen LogP contribution in [0.5, 0.6) is 0 Å². The lowest BCUT2D eigenvalue weighted by atomic mass is 10.2. The number of hydrogen-bond acceptors (Lipinski definition) is 3. The zero-order valence-corrected chi connectivity index (χ0v) is 14.0. The molecule has 2 N–H and O–H groups in total. The van der Waals surface area contributed by atoms with E-state index in [1.54, 1.807) is 31.2 Å². The lowest BCUT2D eigenvalue weighted by Crippen LogP contribution is -2.28. The standard InChI is InChI=1S/C17H20N2O3S/c1-13-8-9-14(2)16(12-13)23(21,22)18-11-10-17(20)19-15-6-4-3-5-7-15/h3-9,12,18H,10-11H2,1-2H3,(H,19,20). The molecule has 1 amide bonds. The van der Waals surface area contributed by atoms with E-state index in [0.29, 0.717) is 11.3 Å². The highest BCUT2D eigenvalue weighted by molar-refractivity contribution is 7.89. The second-order valence-electron chi connectivity index (χ2n) is 5.33. The van der Waals surface area contributed by atoms with Crippen LogP contribution in [0.3, 0.4) is 0 Å². The van der Waals surface area contributed by atoms with Crippen LogP contribution in [0.25, 0.3) is 0 Å². The predicted octanol–water partition coefficient (Wildman–Crippen LogP) is 2.61. The molecule has 0 heterocycles. The maximum atomic E-state index is 12.3. The van der Waals surface area contributed by atoms with E-state index in [2.05, 4.69) is 10.0 Å². The van der Waals surface area contributed by atoms with E-state index < -0.39 is 10.0 Å². The van der Waals surface area contributed by atoms with E-state index >= 15 is 0 Å². The predicted molar refractivity (Wildman–Crippen MR) is 90.8 cm³/mol. The van der Waals surface area contributed by atoms with E-state index in [4.69, 9.17) is 0 Å². The molecule has 0 aromatic heterocycles. The van der Waals surface area contributed by atoms with Gasteiger partial charge in [-0.3, -0.25) is 4.79 Å². The van der Waals surface area contributed by atoms with Crippen molar-refractivity contribution >= 4 is 21.6 Å². The maximum Gasteiger partial charge on any atom is 0.240 e. The molecule has 23 heavy (non-hydrogen) atoms. The fourth-order valence-corrected chi connectivity index (χ4v) is 3.48. The number of anilines is 1. The average Bonchev–Trinajstić information content (AvgIpc) is 2.50. The third kappa shape index (κ3) is 4.91. The van der Waals surface area contributed by atoms with Crippen molar-refractivity contribution in [2.45, 2.75) is 25.2 Å². The molecular weight excluding hydrogens is 312 g/mol. The van der Waals surface area contributed by atoms with Gasteiger partial charge in [-0.05, 0) is 43.2 Å². The smallest absolute Gasteiger partial charge is 0.240 e. The van der Waals surface area contributed by atoms with Gasteiger partial charge in [0, 0.05) is 18.7 Å². The number of carbonyl (C=O) groups excluding carboxylic acids is 1. The van der Waals surface area contributed by atoms with Gasteiger partial charge in [-0.15, -0.1) is 0 Å². The van der Waals surface area contributed by atoms with Gasteiger partial charge in [0.2, 0.25) is 15.9 Å². The van der Waals surface area contributed by atoms with Crippen LogP contribution < -0.4 is 10.0 Å². The van der Waals surface area contributed by atoms with Gasteiger partial charge in [-0.25, -0.2) is 13.1 Å². The van der Waals surface area contributed by atoms with E-state index in [1.807, 2.05) is 31.2 Å². The summed E-state index contributed by atoms with van der Waals surface area (Å²) < 4.78 is 27.1. The van der Waals surface area contributed by atoms with Crippen molar-refractivity contribution < 1.29 is 13.2 Å². The molecule has 0 fully saturated rings. The topological polar surface area (TPSA) is 75.3 Å². The molecule has 0 saturated heterocycles. The van der Waals surface area contributed by atoms with Crippen molar-refractivity contribution in [3.8, 4) is 0 Å². The molecule has 0 saturated carbocycles. The Morgan fingerprint density at radius 2 is 1.74 bits per heavy atom. The fraction of sp³-hybridized carbons (Fsp3) is 0.235. The molecule has 2 aromatic rings. The van der Waals surface area contributed by atoms with Crippen molar-refractivity contribution in [2.24, 2.45) is 0 Å². The van der Waals surface area contributed by atoms with Gasteiger partial charge in [-0.2, -0.15) is 0 Å². The molecule has 0 aliphatic rings. The van der Waals surface area contributed by atoms with Crippen LogP contribution in [0, 0.1) is 13.8 Å². The molecule has 6 heteroatoms. The minimum Gasteiger partial charge on any atom is -0.326 e. The summed E-state index contributed by atoms with van der Waals surface area (Å²) in [5.74, 6) is -0.236. The minimum absolute atomic E-state index is 0.0500. The molecule has 122 valence electrons. The molecule has 0 aliphatic carbocycles. The maximum absolute atomic E-state index is 12.3. The van der Waals surface area contributed by atoms with Gasteiger partial charge >= 0.3 is 0 Å². The summed E-state index contributed by atoms with van der Waals surface area (Å²) >= 11 is 0. The van der Waals surface area contributed by atoms with Crippen molar-refractivity contribution in [1.82, 2.24) is 4.72 Å². The largest absolute Gasteiger partial charge is 0.326 e. The third-order valence-corrected chi connectivity index (χ3v) is 4.94. The van der Waals surface area contributed by atoms with Gasteiger partial charge < -0.3 is 5.32 Å². The number of amides is 1. The summed E-state index contributed by atoms with van der Waals surface area (Å²) in [5, 5.41) is 2.71. The normalized spacial score (nSPS) is 11.2. The quantitative estimate of drug-likeness (QED) is 0.854. The number of nitrogens with one attached hydrogen (secondary N) is 2. The number of benzene rings is 2. The van der Waals surface area contributed by atoms with Crippen molar-refractivity contribution in [1.29, 1.82) is 0 Å². The van der Waals surface area contributed by atoms with E-state index in [-0.39, 0.29) is 23.8 Å². The first-order valence-electron chi connectivity index (χ1n) is 7.30. The second kappa shape index (κ2) is 7.39. The highest BCUT2D eigenvalue weighted by Crippen LogP contribution is 2.16. The molecule has 0 unspecified atom stereocenters. The van der Waals surface area contributed by atoms with Gasteiger partial charge in [0.15, 0.2) is 0 Å². The van der Waals surface area contributed by atoms with E-state index in [0.717, 1.165) is 5.56 Å². The van der Waals surface area contributed by atoms with Crippen molar-refractivity contribution in [3.05, 3.63) is 59.7 Å². The van der Waals surface area contributed by atoms with Crippen molar-refractivity contribution in [2.75, 3.05) is 11.9 Å². The highest BCUT2D eigenvalue weighted by Gasteiger charge is 2.16. The Balaban J connectivity index is 1.92. The summed E-state index contributed by atoms with van der Waals surface area (Å²) in [7, 11) is -3.61. The number of para-hydroxylation sites is 1. The first-order chi connectivity index (χ1) is 10.9. The molecule has 0 spiro atoms. The van der Waals surface area contributed by atoms with E-state index in [1.165, 1.54) is 0 Å². The second-order valence-corrected chi connectivity index (χ2v) is 7.07. The fourth-order valence-electron chi connectivity index (χ4n) is 2.12. The summed E-state index contributed by atoms with van der Waals surface area (Å²) in [6.07, 6.45) is 0.0684.